The first-order chi connectivity index (χ1) is 17.3. The third-order valence-electron chi connectivity index (χ3n) is 6.05. The first-order valence-electron chi connectivity index (χ1n) is 11.3. The van der Waals surface area contributed by atoms with Gasteiger partial charge in [0.1, 0.15) is 11.5 Å². The number of nitrogens with zero attached hydrogens (tertiary/aromatic N) is 6. The van der Waals surface area contributed by atoms with Crippen LogP contribution >= 0.6 is 0 Å². The first kappa shape index (κ1) is 24.7. The second-order valence-electron chi connectivity index (χ2n) is 8.48. The van der Waals surface area contributed by atoms with Crippen LogP contribution in [0.5, 0.6) is 0 Å². The van der Waals surface area contributed by atoms with Gasteiger partial charge in [-0.15, -0.1) is 0 Å². The third-order valence-corrected chi connectivity index (χ3v) is 6.05. The number of rotatable bonds is 6. The zero-order valence-electron chi connectivity index (χ0n) is 19.8. The van der Waals surface area contributed by atoms with E-state index < -0.39 is 17.7 Å². The van der Waals surface area contributed by atoms with E-state index in [9.17, 15) is 13.6 Å². The van der Waals surface area contributed by atoms with Crippen LogP contribution in [0.2, 0.25) is 0 Å². The number of hydrogen-bond acceptors (Lipinski definition) is 7. The molecule has 10 nitrogen and oxygen atoms in total. The van der Waals surface area contributed by atoms with E-state index in [1.54, 1.807) is 18.7 Å². The Morgan fingerprint density at radius 1 is 1.28 bits per heavy atom. The average Bonchev–Trinajstić information content (AvgIpc) is 3.21. The molecule has 1 aliphatic heterocycles. The predicted molar refractivity (Wildman–Crippen MR) is 129 cm³/mol. The minimum absolute atomic E-state index is 0.141. The van der Waals surface area contributed by atoms with E-state index >= 15 is 0 Å². The molecule has 1 atom stereocenters. The number of aryl methyl sites for hydroxylation is 2. The third kappa shape index (κ3) is 5.14. The SMILES string of the molecule is Cc1n[nH]c(C)c1-c1nc(N2CCN(C(=O)N[C@@H](CC=N)c3cc(F)cc(C#N)c3)CC2)ncc1F. The molecule has 36 heavy (non-hydrogen) atoms. The lowest BCUT2D eigenvalue weighted by Crippen LogP contribution is -2.52. The predicted octanol–water partition coefficient (Wildman–Crippen LogP) is 3.25. The van der Waals surface area contributed by atoms with Gasteiger partial charge < -0.3 is 20.5 Å². The number of urea groups is 1. The van der Waals surface area contributed by atoms with Crippen LogP contribution < -0.4 is 10.2 Å². The van der Waals surface area contributed by atoms with Crippen molar-refractivity contribution in [2.24, 2.45) is 0 Å². The summed E-state index contributed by atoms with van der Waals surface area (Å²) in [6.45, 7) is 5.13. The highest BCUT2D eigenvalue weighted by Gasteiger charge is 2.26. The molecule has 1 aliphatic rings. The van der Waals surface area contributed by atoms with Crippen LogP contribution in [-0.4, -0.2) is 63.5 Å². The summed E-state index contributed by atoms with van der Waals surface area (Å²) in [6, 6.07) is 4.75. The van der Waals surface area contributed by atoms with Gasteiger partial charge in [0, 0.05) is 43.9 Å². The fourth-order valence-electron chi connectivity index (χ4n) is 4.21. The van der Waals surface area contributed by atoms with Crippen molar-refractivity contribution in [3.8, 4) is 17.3 Å². The molecule has 3 heterocycles. The van der Waals surface area contributed by atoms with Gasteiger partial charge in [0.2, 0.25) is 5.95 Å². The monoisotopic (exact) mass is 493 g/mol. The maximum Gasteiger partial charge on any atom is 0.318 e. The first-order valence-corrected chi connectivity index (χ1v) is 11.3. The van der Waals surface area contributed by atoms with Gasteiger partial charge in [0.05, 0.1) is 29.6 Å². The van der Waals surface area contributed by atoms with Gasteiger partial charge in [0.25, 0.3) is 0 Å². The Bertz CT molecular complexity index is 1310. The maximum atomic E-state index is 14.5. The molecule has 3 aromatic rings. The van der Waals surface area contributed by atoms with Crippen molar-refractivity contribution < 1.29 is 13.6 Å². The highest BCUT2D eigenvalue weighted by atomic mass is 19.1. The Kier molecular flexibility index (Phi) is 7.19. The number of amides is 2. The van der Waals surface area contributed by atoms with Crippen LogP contribution in [0.4, 0.5) is 19.5 Å². The zero-order chi connectivity index (χ0) is 25.8. The molecule has 0 radical (unpaired) electrons. The molecule has 2 aromatic heterocycles. The summed E-state index contributed by atoms with van der Waals surface area (Å²) >= 11 is 0. The minimum Gasteiger partial charge on any atom is -0.337 e. The van der Waals surface area contributed by atoms with E-state index in [2.05, 4.69) is 25.5 Å². The number of anilines is 1. The van der Waals surface area contributed by atoms with Crippen LogP contribution in [0.1, 0.15) is 35.0 Å². The molecular formula is C24H25F2N9O. The molecule has 0 spiro atoms. The topological polar surface area (TPSA) is 138 Å². The van der Waals surface area contributed by atoms with Crippen LogP contribution in [0.15, 0.2) is 24.4 Å². The summed E-state index contributed by atoms with van der Waals surface area (Å²) in [7, 11) is 0. The molecule has 1 saturated heterocycles. The van der Waals surface area contributed by atoms with Crippen LogP contribution in [0.3, 0.4) is 0 Å². The van der Waals surface area contributed by atoms with E-state index in [0.29, 0.717) is 54.6 Å². The van der Waals surface area contributed by atoms with Crippen molar-refractivity contribution in [2.75, 3.05) is 31.1 Å². The zero-order valence-corrected chi connectivity index (χ0v) is 19.8. The maximum absolute atomic E-state index is 14.5. The van der Waals surface area contributed by atoms with E-state index in [1.165, 1.54) is 12.1 Å². The van der Waals surface area contributed by atoms with Crippen molar-refractivity contribution in [1.82, 2.24) is 30.4 Å². The Morgan fingerprint density at radius 3 is 2.67 bits per heavy atom. The Balaban J connectivity index is 1.44. The molecule has 1 aromatic carbocycles. The number of hydrogen-bond donors (Lipinski definition) is 3. The second-order valence-corrected chi connectivity index (χ2v) is 8.48. The molecule has 0 bridgehead atoms. The van der Waals surface area contributed by atoms with Gasteiger partial charge >= 0.3 is 6.03 Å². The van der Waals surface area contributed by atoms with Crippen molar-refractivity contribution in [2.45, 2.75) is 26.3 Å². The highest BCUT2D eigenvalue weighted by molar-refractivity contribution is 5.76. The summed E-state index contributed by atoms with van der Waals surface area (Å²) in [5.41, 5.74) is 2.67. The number of nitriles is 1. The quantitative estimate of drug-likeness (QED) is 0.451. The van der Waals surface area contributed by atoms with Gasteiger partial charge in [-0.1, -0.05) is 0 Å². The van der Waals surface area contributed by atoms with Crippen molar-refractivity contribution in [3.63, 3.8) is 0 Å². The summed E-state index contributed by atoms with van der Waals surface area (Å²) in [4.78, 5) is 25.0. The van der Waals surface area contributed by atoms with E-state index in [0.717, 1.165) is 18.5 Å². The summed E-state index contributed by atoms with van der Waals surface area (Å²) in [6.07, 6.45) is 2.42. The molecule has 12 heteroatoms. The summed E-state index contributed by atoms with van der Waals surface area (Å²) in [5.74, 6) is -0.767. The van der Waals surface area contributed by atoms with Gasteiger partial charge in [0.15, 0.2) is 5.82 Å². The molecular weight excluding hydrogens is 468 g/mol. The number of piperazine rings is 1. The number of aromatic amines is 1. The highest BCUT2D eigenvalue weighted by Crippen LogP contribution is 2.27. The van der Waals surface area contributed by atoms with E-state index in [4.69, 9.17) is 10.7 Å². The summed E-state index contributed by atoms with van der Waals surface area (Å²) < 4.78 is 28.4. The minimum atomic E-state index is -0.653. The standard InChI is InChI=1S/C24H25F2N9O/c1-14-21(15(2)33-32-14)22-19(26)13-29-23(31-22)34-5-7-35(8-6-34)24(36)30-20(3-4-27)17-9-16(12-28)10-18(25)11-17/h4,9-11,13,20,27H,3,5-8H2,1-2H3,(H,30,36)(H,32,33)/t20-/m0/s1. The normalized spacial score (nSPS) is 14.3. The average molecular weight is 494 g/mol. The van der Waals surface area contributed by atoms with Gasteiger partial charge in [-0.3, -0.25) is 5.10 Å². The molecule has 4 rings (SSSR count). The number of benzene rings is 1. The number of H-pyrrole nitrogens is 1. The van der Waals surface area contributed by atoms with Gasteiger partial charge in [-0.05, 0) is 43.8 Å². The van der Waals surface area contributed by atoms with Gasteiger partial charge in [-0.2, -0.15) is 10.4 Å². The van der Waals surface area contributed by atoms with Crippen molar-refractivity contribution in [1.29, 1.82) is 10.7 Å². The molecule has 0 aliphatic carbocycles. The Morgan fingerprint density at radius 2 is 2.03 bits per heavy atom. The number of aromatic nitrogens is 4. The molecule has 1 fully saturated rings. The fourth-order valence-corrected chi connectivity index (χ4v) is 4.21. The lowest BCUT2D eigenvalue weighted by Gasteiger charge is -2.35. The molecule has 186 valence electrons. The molecule has 3 N–H and O–H groups in total. The van der Waals surface area contributed by atoms with E-state index in [-0.39, 0.29) is 23.7 Å². The lowest BCUT2D eigenvalue weighted by atomic mass is 10.0. The molecule has 0 unspecified atom stereocenters. The van der Waals surface area contributed by atoms with Crippen LogP contribution in [-0.2, 0) is 0 Å². The molecule has 0 saturated carbocycles. The summed E-state index contributed by atoms with van der Waals surface area (Å²) in [5, 5.41) is 26.4. The van der Waals surface area contributed by atoms with E-state index in [1.807, 2.05) is 11.0 Å². The van der Waals surface area contributed by atoms with Gasteiger partial charge in [-0.25, -0.2) is 23.5 Å². The largest absolute Gasteiger partial charge is 0.337 e. The fraction of sp³-hybridized carbons (Fsp3) is 0.333. The smallest absolute Gasteiger partial charge is 0.318 e. The van der Waals surface area contributed by atoms with Crippen molar-refractivity contribution in [3.05, 3.63) is 58.5 Å². The Labute approximate surface area is 206 Å². The number of carbonyl (C=O) groups is 1. The lowest BCUT2D eigenvalue weighted by molar-refractivity contribution is 0.190. The molecule has 2 amide bonds. The van der Waals surface area contributed by atoms with Crippen molar-refractivity contribution >= 4 is 18.2 Å². The second kappa shape index (κ2) is 10.5. The number of nitrogens with one attached hydrogen (secondary N) is 3. The Hall–Kier alpha value is -4.40. The number of carbonyl (C=O) groups excluding carboxylic acids is 1. The van der Waals surface area contributed by atoms with Crippen LogP contribution in [0.25, 0.3) is 11.3 Å². The number of halogens is 2. The van der Waals surface area contributed by atoms with Crippen LogP contribution in [0, 0.1) is 42.2 Å².